The Morgan fingerprint density at radius 2 is 1.85 bits per heavy atom. The highest BCUT2D eigenvalue weighted by atomic mass is 32.2. The lowest BCUT2D eigenvalue weighted by Gasteiger charge is -2.32. The summed E-state index contributed by atoms with van der Waals surface area (Å²) in [6.45, 7) is 4.97. The SMILES string of the molecule is CN1CCN(c2nc(-c3nnc(C(F)F)s3)c3cc(S(=O)(=O)NC4(C)CC4)ccc3n2)CC1. The Balaban J connectivity index is 1.62. The molecular formula is C20H23F2N7O2S2. The number of sulfonamides is 1. The van der Waals surface area contributed by atoms with Gasteiger partial charge in [0.1, 0.15) is 5.69 Å². The number of benzene rings is 1. The first kappa shape index (κ1) is 22.4. The Labute approximate surface area is 193 Å². The second-order valence-corrected chi connectivity index (χ2v) is 11.4. The van der Waals surface area contributed by atoms with E-state index in [0.29, 0.717) is 22.5 Å². The standard InChI is InChI=1S/C20H23F2N7O2S2/c1-20(5-6-20)27-33(30,31)12-3-4-14-13(11-12)15(17-25-26-18(32-17)16(21)22)24-19(23-14)29-9-7-28(2)8-10-29/h3-4,11,16,27H,5-10H2,1-2H3. The number of rotatable bonds is 6. The predicted molar refractivity (Wildman–Crippen MR) is 121 cm³/mol. The number of hydrogen-bond acceptors (Lipinski definition) is 9. The van der Waals surface area contributed by atoms with Gasteiger partial charge in [-0.3, -0.25) is 0 Å². The van der Waals surface area contributed by atoms with E-state index in [1.807, 2.05) is 18.9 Å². The quantitative estimate of drug-likeness (QED) is 0.557. The van der Waals surface area contributed by atoms with Crippen LogP contribution in [0.4, 0.5) is 14.7 Å². The first-order chi connectivity index (χ1) is 15.6. The van der Waals surface area contributed by atoms with Gasteiger partial charge in [0.05, 0.1) is 10.4 Å². The van der Waals surface area contributed by atoms with Crippen LogP contribution in [0, 0.1) is 0 Å². The Kier molecular flexibility index (Phi) is 5.54. The summed E-state index contributed by atoms with van der Waals surface area (Å²) < 4.78 is 54.9. The van der Waals surface area contributed by atoms with Gasteiger partial charge in [-0.25, -0.2) is 31.9 Å². The largest absolute Gasteiger partial charge is 0.338 e. The highest BCUT2D eigenvalue weighted by molar-refractivity contribution is 7.89. The molecule has 176 valence electrons. The van der Waals surface area contributed by atoms with Crippen molar-refractivity contribution in [1.29, 1.82) is 0 Å². The topological polar surface area (TPSA) is 104 Å². The zero-order chi connectivity index (χ0) is 23.4. The molecule has 33 heavy (non-hydrogen) atoms. The van der Waals surface area contributed by atoms with Gasteiger partial charge in [-0.2, -0.15) is 0 Å². The van der Waals surface area contributed by atoms with Gasteiger partial charge in [-0.1, -0.05) is 11.3 Å². The molecule has 5 rings (SSSR count). The molecule has 2 aromatic heterocycles. The van der Waals surface area contributed by atoms with E-state index in [1.54, 1.807) is 6.07 Å². The van der Waals surface area contributed by atoms with Gasteiger partial charge in [0.15, 0.2) is 10.0 Å². The van der Waals surface area contributed by atoms with Gasteiger partial charge in [0.25, 0.3) is 6.43 Å². The maximum absolute atomic E-state index is 13.2. The highest BCUT2D eigenvalue weighted by Gasteiger charge is 2.41. The second-order valence-electron chi connectivity index (χ2n) is 8.75. The first-order valence-corrected chi connectivity index (χ1v) is 12.8. The third-order valence-electron chi connectivity index (χ3n) is 5.96. The minimum atomic E-state index is -3.76. The van der Waals surface area contributed by atoms with Gasteiger partial charge in [-0.05, 0) is 45.0 Å². The highest BCUT2D eigenvalue weighted by Crippen LogP contribution is 2.37. The van der Waals surface area contributed by atoms with Crippen LogP contribution in [0.25, 0.3) is 21.6 Å². The predicted octanol–water partition coefficient (Wildman–Crippen LogP) is 2.67. The molecule has 0 radical (unpaired) electrons. The fourth-order valence-corrected chi connectivity index (χ4v) is 5.86. The van der Waals surface area contributed by atoms with E-state index in [2.05, 4.69) is 29.8 Å². The van der Waals surface area contributed by atoms with Crippen molar-refractivity contribution in [3.8, 4) is 10.7 Å². The normalized spacial score (nSPS) is 18.9. The summed E-state index contributed by atoms with van der Waals surface area (Å²) in [4.78, 5) is 13.6. The molecule has 1 aliphatic carbocycles. The zero-order valence-corrected chi connectivity index (χ0v) is 19.8. The molecule has 13 heteroatoms. The van der Waals surface area contributed by atoms with Crippen molar-refractivity contribution in [2.45, 2.75) is 36.6 Å². The van der Waals surface area contributed by atoms with E-state index >= 15 is 0 Å². The number of nitrogens with one attached hydrogen (secondary N) is 1. The number of aromatic nitrogens is 4. The molecule has 3 aromatic rings. The summed E-state index contributed by atoms with van der Waals surface area (Å²) >= 11 is 0.744. The van der Waals surface area contributed by atoms with E-state index in [0.717, 1.165) is 50.4 Å². The minimum absolute atomic E-state index is 0.0684. The number of hydrogen-bond donors (Lipinski definition) is 1. The minimum Gasteiger partial charge on any atom is -0.338 e. The average Bonchev–Trinajstić information content (AvgIpc) is 3.28. The fourth-order valence-electron chi connectivity index (χ4n) is 3.66. The van der Waals surface area contributed by atoms with Gasteiger partial charge >= 0.3 is 0 Å². The van der Waals surface area contributed by atoms with Crippen LogP contribution < -0.4 is 9.62 Å². The van der Waals surface area contributed by atoms with E-state index in [9.17, 15) is 17.2 Å². The van der Waals surface area contributed by atoms with Gasteiger partial charge in [0, 0.05) is 37.1 Å². The second kappa shape index (κ2) is 8.15. The summed E-state index contributed by atoms with van der Waals surface area (Å²) in [7, 11) is -1.73. The number of fused-ring (bicyclic) bond motifs is 1. The molecule has 2 fully saturated rings. The molecule has 0 atom stereocenters. The summed E-state index contributed by atoms with van der Waals surface area (Å²) in [5.41, 5.74) is 0.386. The summed E-state index contributed by atoms with van der Waals surface area (Å²) in [6, 6.07) is 4.61. The van der Waals surface area contributed by atoms with Crippen molar-refractivity contribution >= 4 is 38.2 Å². The molecule has 0 unspecified atom stereocenters. The third-order valence-corrected chi connectivity index (χ3v) is 8.54. The molecular weight excluding hydrogens is 472 g/mol. The van der Waals surface area contributed by atoms with Gasteiger partial charge < -0.3 is 9.80 Å². The zero-order valence-electron chi connectivity index (χ0n) is 18.1. The van der Waals surface area contributed by atoms with Crippen molar-refractivity contribution in [3.63, 3.8) is 0 Å². The molecule has 0 amide bonds. The smallest absolute Gasteiger partial charge is 0.291 e. The molecule has 1 saturated carbocycles. The van der Waals surface area contributed by atoms with Crippen LogP contribution in [0.5, 0.6) is 0 Å². The number of alkyl halides is 2. The van der Waals surface area contributed by atoms with Crippen LogP contribution in [-0.2, 0) is 10.0 Å². The lowest BCUT2D eigenvalue weighted by molar-refractivity contribution is 0.150. The lowest BCUT2D eigenvalue weighted by atomic mass is 10.2. The number of anilines is 1. The lowest BCUT2D eigenvalue weighted by Crippen LogP contribution is -2.45. The monoisotopic (exact) mass is 495 g/mol. The molecule has 1 aliphatic heterocycles. The van der Waals surface area contributed by atoms with Crippen LogP contribution in [0.1, 0.15) is 31.2 Å². The molecule has 1 N–H and O–H groups in total. The van der Waals surface area contributed by atoms with Crippen LogP contribution in [0.15, 0.2) is 23.1 Å². The average molecular weight is 496 g/mol. The number of nitrogens with zero attached hydrogens (tertiary/aromatic N) is 6. The first-order valence-electron chi connectivity index (χ1n) is 10.5. The molecule has 0 spiro atoms. The van der Waals surface area contributed by atoms with Crippen molar-refractivity contribution in [1.82, 2.24) is 29.8 Å². The molecule has 9 nitrogen and oxygen atoms in total. The Hall–Kier alpha value is -2.35. The summed E-state index contributed by atoms with van der Waals surface area (Å²) in [6.07, 6.45) is -1.19. The van der Waals surface area contributed by atoms with E-state index in [4.69, 9.17) is 0 Å². The van der Waals surface area contributed by atoms with Crippen LogP contribution in [0.3, 0.4) is 0 Å². The van der Waals surface area contributed by atoms with Gasteiger partial charge in [0.2, 0.25) is 16.0 Å². The molecule has 2 aliphatic rings. The van der Waals surface area contributed by atoms with Crippen LogP contribution in [-0.4, -0.2) is 72.2 Å². The molecule has 1 saturated heterocycles. The molecule has 3 heterocycles. The number of halogens is 2. The maximum atomic E-state index is 13.2. The van der Waals surface area contributed by atoms with Crippen LogP contribution >= 0.6 is 11.3 Å². The molecule has 0 bridgehead atoms. The van der Waals surface area contributed by atoms with Crippen molar-refractivity contribution in [3.05, 3.63) is 23.2 Å². The van der Waals surface area contributed by atoms with E-state index in [1.165, 1.54) is 12.1 Å². The van der Waals surface area contributed by atoms with Crippen molar-refractivity contribution in [2.75, 3.05) is 38.1 Å². The fraction of sp³-hybridized carbons (Fsp3) is 0.500. The number of likely N-dealkylation sites (N-methyl/N-ethyl adjacent to an activating group) is 1. The van der Waals surface area contributed by atoms with E-state index < -0.39 is 27.0 Å². The molecule has 1 aromatic carbocycles. The van der Waals surface area contributed by atoms with Crippen molar-refractivity contribution in [2.24, 2.45) is 0 Å². The van der Waals surface area contributed by atoms with Crippen LogP contribution in [0.2, 0.25) is 0 Å². The van der Waals surface area contributed by atoms with Gasteiger partial charge in [-0.15, -0.1) is 10.2 Å². The Morgan fingerprint density at radius 3 is 2.48 bits per heavy atom. The maximum Gasteiger partial charge on any atom is 0.291 e. The summed E-state index contributed by atoms with van der Waals surface area (Å²) in [5, 5.41) is 7.72. The Bertz CT molecular complexity index is 1300. The van der Waals surface area contributed by atoms with E-state index in [-0.39, 0.29) is 9.90 Å². The van der Waals surface area contributed by atoms with Crippen molar-refractivity contribution < 1.29 is 17.2 Å². The third kappa shape index (κ3) is 4.54. The Morgan fingerprint density at radius 1 is 1.12 bits per heavy atom. The number of piperazine rings is 1. The summed E-state index contributed by atoms with van der Waals surface area (Å²) in [5.74, 6) is 0.457.